The summed E-state index contributed by atoms with van der Waals surface area (Å²) in [6.45, 7) is 10.3. The van der Waals surface area contributed by atoms with Crippen LogP contribution in [0.4, 0.5) is 0 Å². The molecule has 1 saturated carbocycles. The molecule has 0 aromatic rings. The van der Waals surface area contributed by atoms with Crippen molar-refractivity contribution in [3.05, 3.63) is 0 Å². The minimum atomic E-state index is 0.727. The fraction of sp³-hybridized carbons (Fsp3) is 1.00. The first-order valence-corrected chi connectivity index (χ1v) is 10.5. The van der Waals surface area contributed by atoms with Crippen LogP contribution in [0.2, 0.25) is 0 Å². The van der Waals surface area contributed by atoms with Crippen molar-refractivity contribution in [1.29, 1.82) is 0 Å². The Bertz CT molecular complexity index is 311. The van der Waals surface area contributed by atoms with Gasteiger partial charge in [0.1, 0.15) is 0 Å². The molecule has 0 aromatic heterocycles. The second kappa shape index (κ2) is 8.85. The van der Waals surface area contributed by atoms with Crippen molar-refractivity contribution in [2.24, 2.45) is 10.8 Å². The summed E-state index contributed by atoms with van der Waals surface area (Å²) in [6, 6.07) is 0. The smallest absolute Gasteiger partial charge is 0.0783 e. The maximum absolute atomic E-state index is 2.39. The number of hydrogen-bond acceptors (Lipinski definition) is 1. The first kappa shape index (κ1) is 19.2. The number of nitrogens with zero attached hydrogens (tertiary/aromatic N) is 1. The molecule has 0 radical (unpaired) electrons. The highest BCUT2D eigenvalue weighted by Crippen LogP contribution is 2.53. The maximum Gasteiger partial charge on any atom is 0.0783 e. The number of piperidine rings is 1. The lowest BCUT2D eigenvalue weighted by molar-refractivity contribution is -0.908. The second-order valence-electron chi connectivity index (χ2n) is 9.16. The molecule has 1 spiro atoms. The van der Waals surface area contributed by atoms with E-state index in [-0.39, 0.29) is 0 Å². The molecule has 23 heavy (non-hydrogen) atoms. The van der Waals surface area contributed by atoms with Gasteiger partial charge in [-0.3, -0.25) is 0 Å². The lowest BCUT2D eigenvalue weighted by Gasteiger charge is -2.49. The van der Waals surface area contributed by atoms with Crippen molar-refractivity contribution < 1.29 is 4.90 Å². The summed E-state index contributed by atoms with van der Waals surface area (Å²) in [5.41, 5.74) is 1.47. The minimum absolute atomic E-state index is 0.727. The molecule has 2 aliphatic rings. The van der Waals surface area contributed by atoms with Gasteiger partial charge in [0.05, 0.1) is 19.6 Å². The van der Waals surface area contributed by atoms with Crippen molar-refractivity contribution >= 4 is 0 Å². The Morgan fingerprint density at radius 1 is 0.826 bits per heavy atom. The van der Waals surface area contributed by atoms with Crippen LogP contribution in [-0.4, -0.2) is 45.2 Å². The summed E-state index contributed by atoms with van der Waals surface area (Å²) < 4.78 is 0. The minimum Gasteiger partial charge on any atom is -0.335 e. The number of likely N-dealkylation sites (tertiary alicyclic amines) is 1. The zero-order valence-electron chi connectivity index (χ0n) is 16.6. The summed E-state index contributed by atoms with van der Waals surface area (Å²) in [4.78, 5) is 4.21. The molecule has 2 fully saturated rings. The van der Waals surface area contributed by atoms with Crippen LogP contribution in [0.3, 0.4) is 0 Å². The average molecular weight is 324 g/mol. The Labute approximate surface area is 146 Å². The van der Waals surface area contributed by atoms with Crippen molar-refractivity contribution in [2.75, 3.05) is 40.3 Å². The second-order valence-corrected chi connectivity index (χ2v) is 9.16. The third kappa shape index (κ3) is 5.46. The third-order valence-corrected chi connectivity index (χ3v) is 7.09. The van der Waals surface area contributed by atoms with E-state index in [0.717, 1.165) is 10.8 Å². The Hall–Kier alpha value is -0.0800. The number of nitrogens with one attached hydrogen (secondary N) is 1. The van der Waals surface area contributed by atoms with E-state index >= 15 is 0 Å². The molecular weight excluding hydrogens is 280 g/mol. The topological polar surface area (TPSA) is 7.68 Å². The molecule has 1 aliphatic carbocycles. The summed E-state index contributed by atoms with van der Waals surface area (Å²) >= 11 is 0. The molecule has 1 aliphatic heterocycles. The molecule has 2 heteroatoms. The monoisotopic (exact) mass is 323 g/mol. The maximum atomic E-state index is 2.39. The number of quaternary nitrogens is 1. The van der Waals surface area contributed by atoms with Gasteiger partial charge in [-0.2, -0.15) is 0 Å². The van der Waals surface area contributed by atoms with Crippen molar-refractivity contribution in [1.82, 2.24) is 4.90 Å². The molecule has 0 aromatic carbocycles. The van der Waals surface area contributed by atoms with Crippen LogP contribution in [0, 0.1) is 10.8 Å². The van der Waals surface area contributed by atoms with Gasteiger partial charge in [-0.15, -0.1) is 0 Å². The van der Waals surface area contributed by atoms with Crippen LogP contribution >= 0.6 is 0 Å². The van der Waals surface area contributed by atoms with Crippen LogP contribution in [0.1, 0.15) is 84.5 Å². The molecule has 0 amide bonds. The number of hydrogen-bond donors (Lipinski definition) is 1. The zero-order chi connectivity index (χ0) is 16.8. The van der Waals surface area contributed by atoms with E-state index in [1.54, 1.807) is 0 Å². The van der Waals surface area contributed by atoms with E-state index < -0.39 is 0 Å². The molecule has 1 N–H and O–H groups in total. The van der Waals surface area contributed by atoms with Gasteiger partial charge in [0.15, 0.2) is 0 Å². The van der Waals surface area contributed by atoms with Gasteiger partial charge < -0.3 is 9.80 Å². The Morgan fingerprint density at radius 2 is 1.39 bits per heavy atom. The molecule has 0 unspecified atom stereocenters. The lowest BCUT2D eigenvalue weighted by atomic mass is 9.58. The van der Waals surface area contributed by atoms with E-state index in [1.165, 1.54) is 96.8 Å². The largest absolute Gasteiger partial charge is 0.335 e. The van der Waals surface area contributed by atoms with Gasteiger partial charge in [0.25, 0.3) is 0 Å². The summed E-state index contributed by atoms with van der Waals surface area (Å²) in [6.07, 6.45) is 16.3. The quantitative estimate of drug-likeness (QED) is 0.714. The van der Waals surface area contributed by atoms with Crippen molar-refractivity contribution in [3.8, 4) is 0 Å². The molecule has 136 valence electrons. The van der Waals surface area contributed by atoms with Crippen LogP contribution in [0.15, 0.2) is 0 Å². The highest BCUT2D eigenvalue weighted by atomic mass is 15.1. The van der Waals surface area contributed by atoms with Crippen molar-refractivity contribution in [2.45, 2.75) is 84.5 Å². The van der Waals surface area contributed by atoms with E-state index in [4.69, 9.17) is 0 Å². The van der Waals surface area contributed by atoms with Crippen LogP contribution < -0.4 is 4.90 Å². The van der Waals surface area contributed by atoms with E-state index in [1.807, 2.05) is 4.90 Å². The van der Waals surface area contributed by atoms with E-state index in [0.29, 0.717) is 0 Å². The van der Waals surface area contributed by atoms with Gasteiger partial charge in [0, 0.05) is 25.8 Å². The van der Waals surface area contributed by atoms with Gasteiger partial charge >= 0.3 is 0 Å². The molecule has 1 heterocycles. The SMILES string of the molecule is CCCC1(CCC)CCC2(CC[NH+](CCCN(C)C)CC2)CC1. The third-order valence-electron chi connectivity index (χ3n) is 7.09. The Kier molecular flexibility index (Phi) is 7.41. The predicted octanol–water partition coefficient (Wildman–Crippen LogP) is 3.76. The lowest BCUT2D eigenvalue weighted by Crippen LogP contribution is -3.13. The van der Waals surface area contributed by atoms with Gasteiger partial charge in [-0.25, -0.2) is 0 Å². The van der Waals surface area contributed by atoms with Gasteiger partial charge in [-0.05, 0) is 63.5 Å². The molecule has 0 bridgehead atoms. The van der Waals surface area contributed by atoms with Crippen LogP contribution in [-0.2, 0) is 0 Å². The summed E-state index contributed by atoms with van der Waals surface area (Å²) in [7, 11) is 4.39. The van der Waals surface area contributed by atoms with Gasteiger partial charge in [0.2, 0.25) is 0 Å². The fourth-order valence-corrected chi connectivity index (χ4v) is 5.53. The van der Waals surface area contributed by atoms with Crippen molar-refractivity contribution in [3.63, 3.8) is 0 Å². The summed E-state index contributed by atoms with van der Waals surface area (Å²) in [5.74, 6) is 0. The molecular formula is C21H43N2+. The number of rotatable bonds is 8. The van der Waals surface area contributed by atoms with E-state index in [2.05, 4.69) is 32.8 Å². The Balaban J connectivity index is 1.76. The predicted molar refractivity (Wildman–Crippen MR) is 101 cm³/mol. The molecule has 1 saturated heterocycles. The van der Waals surface area contributed by atoms with Crippen LogP contribution in [0.25, 0.3) is 0 Å². The molecule has 2 nitrogen and oxygen atoms in total. The molecule has 0 atom stereocenters. The first-order valence-electron chi connectivity index (χ1n) is 10.5. The highest BCUT2D eigenvalue weighted by Gasteiger charge is 2.44. The van der Waals surface area contributed by atoms with E-state index in [9.17, 15) is 0 Å². The highest BCUT2D eigenvalue weighted by molar-refractivity contribution is 4.93. The summed E-state index contributed by atoms with van der Waals surface area (Å²) in [5, 5.41) is 0. The Morgan fingerprint density at radius 3 is 1.87 bits per heavy atom. The first-order chi connectivity index (χ1) is 11.0. The van der Waals surface area contributed by atoms with Gasteiger partial charge in [-0.1, -0.05) is 26.7 Å². The zero-order valence-corrected chi connectivity index (χ0v) is 16.6. The standard InChI is InChI=1S/C21H42N2/c1-5-8-20(9-6-2)10-12-21(13-11-20)14-18-23(19-15-21)17-7-16-22(3)4/h5-19H2,1-4H3/p+1. The fourth-order valence-electron chi connectivity index (χ4n) is 5.53. The van der Waals surface area contributed by atoms with Crippen LogP contribution in [0.5, 0.6) is 0 Å². The normalized spacial score (nSPS) is 24.4. The molecule has 2 rings (SSSR count). The average Bonchev–Trinajstić information content (AvgIpc) is 2.53.